The predicted octanol–water partition coefficient (Wildman–Crippen LogP) is 8.17. The molecular formula is C47H37N7O5S4. The molecule has 0 saturated carbocycles. The van der Waals surface area contributed by atoms with Crippen LogP contribution in [0.4, 0.5) is 5.13 Å². The van der Waals surface area contributed by atoms with Crippen molar-refractivity contribution in [1.29, 1.82) is 0 Å². The van der Waals surface area contributed by atoms with Crippen molar-refractivity contribution in [1.82, 2.24) is 23.9 Å². The van der Waals surface area contributed by atoms with Crippen molar-refractivity contribution in [3.05, 3.63) is 213 Å². The van der Waals surface area contributed by atoms with Gasteiger partial charge in [-0.1, -0.05) is 157 Å². The highest BCUT2D eigenvalue weighted by atomic mass is 32.2. The highest BCUT2D eigenvalue weighted by Crippen LogP contribution is 2.45. The number of carbonyl (C=O) groups excluding carboxylic acids is 3. The van der Waals surface area contributed by atoms with Gasteiger partial charge in [0.25, 0.3) is 11.8 Å². The van der Waals surface area contributed by atoms with Crippen LogP contribution in [0.3, 0.4) is 0 Å². The van der Waals surface area contributed by atoms with Crippen LogP contribution in [-0.4, -0.2) is 59.3 Å². The maximum atomic E-state index is 14.6. The minimum Gasteiger partial charge on any atom is -0.448 e. The lowest BCUT2D eigenvalue weighted by molar-refractivity contribution is -0.154. The molecular weight excluding hydrogens is 871 g/mol. The summed E-state index contributed by atoms with van der Waals surface area (Å²) in [5, 5.41) is 8.72. The van der Waals surface area contributed by atoms with Crippen molar-refractivity contribution in [3.63, 3.8) is 0 Å². The van der Waals surface area contributed by atoms with Gasteiger partial charge in [-0.05, 0) is 11.1 Å². The van der Waals surface area contributed by atoms with Crippen molar-refractivity contribution in [3.8, 4) is 0 Å². The number of amides is 2. The molecule has 0 spiro atoms. The third kappa shape index (κ3) is 8.62. The molecule has 9 rings (SSSR count). The molecule has 3 N–H and O–H groups in total. The molecule has 12 nitrogen and oxygen atoms in total. The zero-order valence-electron chi connectivity index (χ0n) is 33.2. The van der Waals surface area contributed by atoms with E-state index in [9.17, 15) is 14.4 Å². The van der Waals surface area contributed by atoms with Crippen molar-refractivity contribution in [2.75, 3.05) is 11.5 Å². The predicted molar refractivity (Wildman–Crippen MR) is 247 cm³/mol. The number of hydrogen-bond acceptors (Lipinski definition) is 14. The van der Waals surface area contributed by atoms with Gasteiger partial charge in [0.05, 0.1) is 23.6 Å². The van der Waals surface area contributed by atoms with Gasteiger partial charge in [-0.25, -0.2) is 9.78 Å². The number of ether oxygens (including phenoxy) is 1. The van der Waals surface area contributed by atoms with Gasteiger partial charge in [0.15, 0.2) is 16.9 Å². The number of nitrogen functional groups attached to an aromatic ring is 1. The third-order valence-corrected chi connectivity index (χ3v) is 14.2. The first-order valence-corrected chi connectivity index (χ1v) is 23.4. The number of thiazole rings is 1. The Hall–Kier alpha value is -6.59. The minimum atomic E-state index is -1.31. The molecule has 0 aliphatic carbocycles. The highest BCUT2D eigenvalue weighted by Gasteiger charge is 2.55. The molecule has 0 bridgehead atoms. The largest absolute Gasteiger partial charge is 0.448 e. The number of hydrogen-bond donors (Lipinski definition) is 2. The lowest BCUT2D eigenvalue weighted by Gasteiger charge is -2.49. The monoisotopic (exact) mass is 907 g/mol. The van der Waals surface area contributed by atoms with Gasteiger partial charge in [-0.15, -0.1) is 34.9 Å². The van der Waals surface area contributed by atoms with Gasteiger partial charge >= 0.3 is 5.97 Å². The van der Waals surface area contributed by atoms with E-state index in [1.807, 2.05) is 152 Å². The molecule has 1 fully saturated rings. The fourth-order valence-electron chi connectivity index (χ4n) is 7.45. The van der Waals surface area contributed by atoms with Crippen molar-refractivity contribution in [2.45, 2.75) is 28.9 Å². The van der Waals surface area contributed by atoms with Crippen molar-refractivity contribution >= 4 is 75.2 Å². The Bertz CT molecular complexity index is 2620. The van der Waals surface area contributed by atoms with Crippen LogP contribution in [-0.2, 0) is 35.3 Å². The van der Waals surface area contributed by atoms with Crippen LogP contribution in [0.15, 0.2) is 179 Å². The van der Waals surface area contributed by atoms with E-state index < -0.39 is 40.9 Å². The Morgan fingerprint density at radius 3 is 1.90 bits per heavy atom. The number of rotatable bonds is 15. The van der Waals surface area contributed by atoms with E-state index >= 15 is 0 Å². The summed E-state index contributed by atoms with van der Waals surface area (Å²) in [4.78, 5) is 56.7. The number of esters is 1. The number of nitrogens with zero attached hydrogens (tertiary/aromatic N) is 5. The van der Waals surface area contributed by atoms with Gasteiger partial charge in [0, 0.05) is 38.5 Å². The van der Waals surface area contributed by atoms with E-state index in [4.69, 9.17) is 15.3 Å². The van der Waals surface area contributed by atoms with Crippen LogP contribution in [0.25, 0.3) is 0 Å². The van der Waals surface area contributed by atoms with Gasteiger partial charge in [0.1, 0.15) is 22.8 Å². The lowest BCUT2D eigenvalue weighted by atomic mass is 9.80. The van der Waals surface area contributed by atoms with E-state index in [0.717, 1.165) is 56.6 Å². The van der Waals surface area contributed by atoms with E-state index in [0.29, 0.717) is 16.4 Å². The molecule has 2 aliphatic rings. The number of nitrogens with two attached hydrogens (primary N) is 1. The SMILES string of the molecule is Nc1nc(/C(=N/OC(c2ccccc2)(c2ccccc2)c2ccccc2)C(=O)N[C@@H]2C(=O)N3C(C(=O)OC(c4ccccc4)c4ccccc4)=C(SCc4cnsn4)CS[C@@H]23)cs1. The van der Waals surface area contributed by atoms with Gasteiger partial charge in [0.2, 0.25) is 5.60 Å². The Labute approximate surface area is 379 Å². The minimum absolute atomic E-state index is 0.127. The van der Waals surface area contributed by atoms with Gasteiger partial charge < -0.3 is 20.6 Å². The summed E-state index contributed by atoms with van der Waals surface area (Å²) in [5.74, 6) is -1.05. The summed E-state index contributed by atoms with van der Waals surface area (Å²) in [6.07, 6.45) is 0.930. The van der Waals surface area contributed by atoms with Crippen LogP contribution < -0.4 is 11.1 Å². The van der Waals surface area contributed by atoms with E-state index in [1.165, 1.54) is 28.4 Å². The molecule has 0 unspecified atom stereocenters. The summed E-state index contributed by atoms with van der Waals surface area (Å²) >= 11 is 5.07. The summed E-state index contributed by atoms with van der Waals surface area (Å²) < 4.78 is 14.8. The zero-order chi connectivity index (χ0) is 43.2. The number of β-lactam (4-membered cyclic amide) rings is 1. The molecule has 1 saturated heterocycles. The fourth-order valence-corrected chi connectivity index (χ4v) is 11.0. The Balaban J connectivity index is 1.04. The third-order valence-electron chi connectivity index (χ3n) is 10.4. The molecule has 63 heavy (non-hydrogen) atoms. The number of fused-ring (bicyclic) bond motifs is 1. The molecule has 4 heterocycles. The zero-order valence-corrected chi connectivity index (χ0v) is 36.5. The number of anilines is 1. The number of benzene rings is 5. The lowest BCUT2D eigenvalue weighted by Crippen LogP contribution is -2.71. The van der Waals surface area contributed by atoms with Crippen LogP contribution in [0.5, 0.6) is 0 Å². The van der Waals surface area contributed by atoms with Crippen LogP contribution in [0.1, 0.15) is 45.3 Å². The molecule has 7 aromatic rings. The second kappa shape index (κ2) is 18.8. The van der Waals surface area contributed by atoms with Gasteiger partial charge in [-0.3, -0.25) is 14.5 Å². The Morgan fingerprint density at radius 2 is 1.40 bits per heavy atom. The first-order chi connectivity index (χ1) is 30.9. The number of nitrogens with one attached hydrogen (secondary N) is 1. The fraction of sp³-hybridized carbons (Fsp3) is 0.128. The molecule has 2 atom stereocenters. The van der Waals surface area contributed by atoms with Crippen LogP contribution in [0.2, 0.25) is 0 Å². The van der Waals surface area contributed by atoms with Crippen LogP contribution in [0, 0.1) is 0 Å². The number of thioether (sulfide) groups is 2. The molecule has 314 valence electrons. The molecule has 2 amide bonds. The molecule has 2 aliphatic heterocycles. The first kappa shape index (κ1) is 41.7. The van der Waals surface area contributed by atoms with Crippen molar-refractivity contribution < 1.29 is 24.0 Å². The smallest absolute Gasteiger partial charge is 0.356 e. The second-order valence-electron chi connectivity index (χ2n) is 14.3. The highest BCUT2D eigenvalue weighted by molar-refractivity contribution is 8.05. The Kier molecular flexibility index (Phi) is 12.5. The summed E-state index contributed by atoms with van der Waals surface area (Å²) in [6, 6.07) is 46.7. The normalized spacial score (nSPS) is 16.3. The molecule has 2 aromatic heterocycles. The maximum Gasteiger partial charge on any atom is 0.356 e. The standard InChI is InChI=1S/C47H37N7O5S4/c48-46-50-36(28-62-46)38(52-59-47(32-20-10-3-11-21-32,33-22-12-4-13-23-33)34-24-14-5-15-25-34)42(55)51-39-43(56)54-40(37(29-61-44(39)54)60-27-35-26-49-63-53-35)45(57)58-41(30-16-6-1-7-17-30)31-18-8-2-9-19-31/h1-26,28,39,41,44H,27,29H2,(H2,48,50)(H,51,55)/b52-38-/t39-,44+/m1/s1. The molecule has 5 aromatic carbocycles. The van der Waals surface area contributed by atoms with Crippen LogP contribution >= 0.6 is 46.6 Å². The van der Waals surface area contributed by atoms with Crippen molar-refractivity contribution in [2.24, 2.45) is 5.16 Å². The number of oxime groups is 1. The summed E-state index contributed by atoms with van der Waals surface area (Å²) in [6.45, 7) is 0. The van der Waals surface area contributed by atoms with Gasteiger partial charge in [-0.2, -0.15) is 8.75 Å². The summed E-state index contributed by atoms with van der Waals surface area (Å²) in [7, 11) is 0. The Morgan fingerprint density at radius 1 is 0.841 bits per heavy atom. The number of aromatic nitrogens is 3. The van der Waals surface area contributed by atoms with E-state index in [1.54, 1.807) is 11.6 Å². The first-order valence-electron chi connectivity index (χ1n) is 19.7. The van der Waals surface area contributed by atoms with E-state index in [2.05, 4.69) is 24.2 Å². The quantitative estimate of drug-likeness (QED) is 0.0336. The van der Waals surface area contributed by atoms with E-state index in [-0.39, 0.29) is 22.2 Å². The maximum absolute atomic E-state index is 14.6. The average molecular weight is 908 g/mol. The molecule has 16 heteroatoms. The number of carbonyl (C=O) groups is 3. The topological polar surface area (TPSA) is 162 Å². The summed E-state index contributed by atoms with van der Waals surface area (Å²) in [5.41, 5.74) is 9.49. The molecule has 0 radical (unpaired) electrons. The second-order valence-corrected chi connectivity index (χ2v) is 17.9. The average Bonchev–Trinajstić information content (AvgIpc) is 4.03.